The van der Waals surface area contributed by atoms with Crippen LogP contribution < -0.4 is 5.32 Å². The van der Waals surface area contributed by atoms with Crippen LogP contribution in [0.4, 0.5) is 5.69 Å². The number of pyridine rings is 1. The number of nitriles is 1. The number of fused-ring (bicyclic) bond motifs is 3. The van der Waals surface area contributed by atoms with Crippen LogP contribution in [-0.2, 0) is 31.0 Å². The Morgan fingerprint density at radius 3 is 2.55 bits per heavy atom. The Bertz CT molecular complexity index is 1550. The first kappa shape index (κ1) is 28.0. The number of hydrogen-bond donors (Lipinski definition) is 2. The van der Waals surface area contributed by atoms with Gasteiger partial charge in [-0.25, -0.2) is 9.97 Å². The monoisotopic (exact) mass is 562 g/mol. The zero-order valence-electron chi connectivity index (χ0n) is 22.9. The van der Waals surface area contributed by atoms with Crippen molar-refractivity contribution in [3.63, 3.8) is 0 Å². The van der Waals surface area contributed by atoms with Gasteiger partial charge in [0, 0.05) is 29.7 Å². The first-order chi connectivity index (χ1) is 19.4. The fourth-order valence-electron chi connectivity index (χ4n) is 5.68. The molecule has 3 heterocycles. The van der Waals surface area contributed by atoms with Crippen LogP contribution in [0.3, 0.4) is 0 Å². The van der Waals surface area contributed by atoms with E-state index in [-0.39, 0.29) is 24.5 Å². The Hall–Kier alpha value is -3.51. The second kappa shape index (κ2) is 12.3. The van der Waals surface area contributed by atoms with Gasteiger partial charge in [-0.2, -0.15) is 5.26 Å². The average molecular weight is 563 g/mol. The molecule has 1 amide bonds. The van der Waals surface area contributed by atoms with E-state index in [1.165, 1.54) is 0 Å². The van der Waals surface area contributed by atoms with E-state index in [0.717, 1.165) is 53.3 Å². The van der Waals surface area contributed by atoms with Crippen molar-refractivity contribution in [2.45, 2.75) is 64.6 Å². The highest BCUT2D eigenvalue weighted by atomic mass is 31.2. The number of carbonyl (C=O) groups is 1. The minimum absolute atomic E-state index is 0.115. The number of nitrogens with zero attached hydrogens (tertiary/aromatic N) is 4. The molecule has 210 valence electrons. The fourth-order valence-corrected chi connectivity index (χ4v) is 7.38. The third kappa shape index (κ3) is 6.12. The summed E-state index contributed by atoms with van der Waals surface area (Å²) in [6.07, 6.45) is 8.35. The van der Waals surface area contributed by atoms with E-state index in [4.69, 9.17) is 19.3 Å². The van der Waals surface area contributed by atoms with Gasteiger partial charge in [0.05, 0.1) is 43.6 Å². The van der Waals surface area contributed by atoms with Gasteiger partial charge in [-0.15, -0.1) is 0 Å². The van der Waals surface area contributed by atoms with Crippen LogP contribution >= 0.6 is 7.60 Å². The molecule has 0 atom stereocenters. The van der Waals surface area contributed by atoms with Crippen LogP contribution in [0.25, 0.3) is 22.1 Å². The van der Waals surface area contributed by atoms with E-state index in [0.29, 0.717) is 37.1 Å². The molecule has 0 unspecified atom stereocenters. The molecule has 0 aliphatic heterocycles. The number of benzene rings is 1. The molecule has 1 aliphatic rings. The molecular formula is C29H35N6O4P. The molecule has 1 fully saturated rings. The lowest BCUT2D eigenvalue weighted by Crippen LogP contribution is -2.23. The van der Waals surface area contributed by atoms with Crippen molar-refractivity contribution >= 4 is 41.3 Å². The predicted octanol–water partition coefficient (Wildman–Crippen LogP) is 6.50. The SMILES string of the molecule is CCOP(=O)(Cc1ccc(NC(=O)Cc2nc3cnc4[nH]ccc4c3n2[C@H]2CC[C@H](CC#N)CC2)cc1)OCC. The normalized spacial score (nSPS) is 17.7. The Labute approximate surface area is 233 Å². The first-order valence-corrected chi connectivity index (χ1v) is 15.6. The van der Waals surface area contributed by atoms with Gasteiger partial charge in [-0.1, -0.05) is 12.1 Å². The summed E-state index contributed by atoms with van der Waals surface area (Å²) < 4.78 is 25.9. The van der Waals surface area contributed by atoms with E-state index < -0.39 is 7.60 Å². The molecule has 11 heteroatoms. The zero-order chi connectivity index (χ0) is 28.1. The highest BCUT2D eigenvalue weighted by molar-refractivity contribution is 7.53. The molecule has 0 saturated heterocycles. The van der Waals surface area contributed by atoms with Gasteiger partial charge in [0.25, 0.3) is 0 Å². The maximum atomic E-state index is 13.2. The number of amides is 1. The number of aromatic amines is 1. The average Bonchev–Trinajstić information content (AvgIpc) is 3.55. The minimum atomic E-state index is -3.21. The summed E-state index contributed by atoms with van der Waals surface area (Å²) in [5.74, 6) is 0.962. The quantitative estimate of drug-likeness (QED) is 0.199. The second-order valence-electron chi connectivity index (χ2n) is 10.2. The molecule has 0 spiro atoms. The van der Waals surface area contributed by atoms with E-state index >= 15 is 0 Å². The van der Waals surface area contributed by atoms with Crippen LogP contribution in [0.1, 0.15) is 63.4 Å². The van der Waals surface area contributed by atoms with Gasteiger partial charge in [0.15, 0.2) is 0 Å². The maximum absolute atomic E-state index is 13.2. The topological polar surface area (TPSA) is 135 Å². The Morgan fingerprint density at radius 1 is 1.15 bits per heavy atom. The fraction of sp³-hybridized carbons (Fsp3) is 0.448. The number of imidazole rings is 1. The van der Waals surface area contributed by atoms with Crippen molar-refractivity contribution in [2.75, 3.05) is 18.5 Å². The molecule has 1 saturated carbocycles. The number of carbonyl (C=O) groups excluding carboxylic acids is 1. The molecule has 3 aromatic heterocycles. The lowest BCUT2D eigenvalue weighted by Gasteiger charge is -2.30. The van der Waals surface area contributed by atoms with Gasteiger partial charge in [0.2, 0.25) is 5.91 Å². The largest absolute Gasteiger partial charge is 0.346 e. The standard InChI is InChI=1S/C29H35N6O4P/c1-3-38-40(37,39-4-2)19-21-5-9-22(10-6-21)33-27(36)17-26-34-25-18-32-29-24(14-16-31-29)28(25)35(26)23-11-7-20(8-12-23)13-15-30/h5-6,9-10,14,16,18,20,23H,3-4,7-8,11-13,17,19H2,1-2H3,(H,31,32)(H,33,36)/t20-,23-. The molecular weight excluding hydrogens is 527 g/mol. The van der Waals surface area contributed by atoms with E-state index in [2.05, 4.69) is 25.9 Å². The van der Waals surface area contributed by atoms with Gasteiger partial charge < -0.3 is 23.9 Å². The Balaban J connectivity index is 1.35. The molecule has 4 aromatic rings. The van der Waals surface area contributed by atoms with E-state index in [1.54, 1.807) is 32.2 Å². The van der Waals surface area contributed by atoms with Crippen molar-refractivity contribution in [3.8, 4) is 6.07 Å². The van der Waals surface area contributed by atoms with Crippen LogP contribution in [0.2, 0.25) is 0 Å². The summed E-state index contributed by atoms with van der Waals surface area (Å²) in [5, 5.41) is 13.1. The molecule has 0 radical (unpaired) electrons. The lowest BCUT2D eigenvalue weighted by molar-refractivity contribution is -0.115. The summed E-state index contributed by atoms with van der Waals surface area (Å²) in [7, 11) is -3.21. The number of H-pyrrole nitrogens is 1. The Morgan fingerprint density at radius 2 is 1.88 bits per heavy atom. The summed E-state index contributed by atoms with van der Waals surface area (Å²) in [6.45, 7) is 4.19. The summed E-state index contributed by atoms with van der Waals surface area (Å²) in [4.78, 5) is 25.8. The van der Waals surface area contributed by atoms with Crippen molar-refractivity contribution in [2.24, 2.45) is 5.92 Å². The van der Waals surface area contributed by atoms with Gasteiger partial charge in [-0.3, -0.25) is 9.36 Å². The highest BCUT2D eigenvalue weighted by Crippen LogP contribution is 2.51. The smallest absolute Gasteiger partial charge is 0.335 e. The Kier molecular flexibility index (Phi) is 8.65. The van der Waals surface area contributed by atoms with Gasteiger partial charge >= 0.3 is 7.60 Å². The maximum Gasteiger partial charge on any atom is 0.335 e. The van der Waals surface area contributed by atoms with Crippen LogP contribution in [0.15, 0.2) is 42.7 Å². The van der Waals surface area contributed by atoms with Crippen LogP contribution in [-0.4, -0.2) is 38.6 Å². The van der Waals surface area contributed by atoms with Crippen LogP contribution in [0.5, 0.6) is 0 Å². The zero-order valence-corrected chi connectivity index (χ0v) is 23.8. The summed E-state index contributed by atoms with van der Waals surface area (Å²) in [5.41, 5.74) is 4.01. The molecule has 40 heavy (non-hydrogen) atoms. The first-order valence-electron chi connectivity index (χ1n) is 13.9. The van der Waals surface area contributed by atoms with E-state index in [1.807, 2.05) is 24.4 Å². The van der Waals surface area contributed by atoms with Gasteiger partial charge in [-0.05, 0) is 69.2 Å². The minimum Gasteiger partial charge on any atom is -0.346 e. The van der Waals surface area contributed by atoms with Crippen molar-refractivity contribution in [3.05, 3.63) is 54.1 Å². The molecule has 2 N–H and O–H groups in total. The lowest BCUT2D eigenvalue weighted by atomic mass is 9.84. The molecule has 10 nitrogen and oxygen atoms in total. The summed E-state index contributed by atoms with van der Waals surface area (Å²) in [6, 6.07) is 11.8. The van der Waals surface area contributed by atoms with Crippen molar-refractivity contribution in [1.29, 1.82) is 5.26 Å². The highest BCUT2D eigenvalue weighted by Gasteiger charge is 2.28. The number of aromatic nitrogens is 4. The second-order valence-corrected chi connectivity index (χ2v) is 12.2. The predicted molar refractivity (Wildman–Crippen MR) is 154 cm³/mol. The number of rotatable bonds is 11. The molecule has 5 rings (SSSR count). The third-order valence-corrected chi connectivity index (χ3v) is 9.51. The van der Waals surface area contributed by atoms with E-state index in [9.17, 15) is 9.36 Å². The number of nitrogens with one attached hydrogen (secondary N) is 2. The number of anilines is 1. The third-order valence-electron chi connectivity index (χ3n) is 7.45. The molecule has 0 bridgehead atoms. The molecule has 1 aromatic carbocycles. The molecule has 1 aliphatic carbocycles. The van der Waals surface area contributed by atoms with Crippen molar-refractivity contribution in [1.82, 2.24) is 19.5 Å². The van der Waals surface area contributed by atoms with Gasteiger partial charge in [0.1, 0.15) is 17.0 Å². The number of hydrogen-bond acceptors (Lipinski definition) is 7. The summed E-state index contributed by atoms with van der Waals surface area (Å²) >= 11 is 0. The van der Waals surface area contributed by atoms with Crippen molar-refractivity contribution < 1.29 is 18.4 Å². The van der Waals surface area contributed by atoms with Crippen LogP contribution in [0, 0.1) is 17.2 Å².